The van der Waals surface area contributed by atoms with Gasteiger partial charge in [-0.25, -0.2) is 4.98 Å². The molecule has 0 unspecified atom stereocenters. The summed E-state index contributed by atoms with van der Waals surface area (Å²) < 4.78 is 5.34. The molecule has 122 valence electrons. The van der Waals surface area contributed by atoms with Crippen molar-refractivity contribution in [2.24, 2.45) is 10.7 Å². The molecule has 0 atom stereocenters. The summed E-state index contributed by atoms with van der Waals surface area (Å²) in [5, 5.41) is 3.12. The summed E-state index contributed by atoms with van der Waals surface area (Å²) in [6.45, 7) is 9.11. The van der Waals surface area contributed by atoms with Gasteiger partial charge in [0, 0.05) is 57.4 Å². The quantitative estimate of drug-likeness (QED) is 0.617. The Labute approximate surface area is 135 Å². The summed E-state index contributed by atoms with van der Waals surface area (Å²) in [6, 6.07) is 0. The Hall–Kier alpha value is -1.38. The van der Waals surface area contributed by atoms with E-state index in [4.69, 9.17) is 10.5 Å². The second-order valence-electron chi connectivity index (χ2n) is 5.48. The lowest BCUT2D eigenvalue weighted by molar-refractivity contribution is 0.0394. The first-order valence-electron chi connectivity index (χ1n) is 7.82. The largest absolute Gasteiger partial charge is 0.379 e. The maximum absolute atomic E-state index is 6.13. The molecule has 2 N–H and O–H groups in total. The number of hydrogen-bond acceptors (Lipinski definition) is 6. The van der Waals surface area contributed by atoms with Crippen molar-refractivity contribution in [3.05, 3.63) is 11.6 Å². The van der Waals surface area contributed by atoms with E-state index in [0.717, 1.165) is 70.7 Å². The summed E-state index contributed by atoms with van der Waals surface area (Å²) in [4.78, 5) is 15.7. The Bertz CT molecular complexity index is 466. The average molecular weight is 324 g/mol. The number of hydrogen-bond donors (Lipinski definition) is 1. The lowest BCUT2D eigenvalue weighted by Gasteiger charge is -2.35. The number of aromatic nitrogens is 1. The zero-order valence-corrected chi connectivity index (χ0v) is 13.7. The number of nitrogens with two attached hydrogens (primary N) is 1. The minimum Gasteiger partial charge on any atom is -0.379 e. The number of anilines is 1. The highest BCUT2D eigenvalue weighted by atomic mass is 32.1. The molecule has 2 aliphatic heterocycles. The van der Waals surface area contributed by atoms with Crippen LogP contribution in [0.2, 0.25) is 0 Å². The van der Waals surface area contributed by atoms with Crippen molar-refractivity contribution >= 4 is 22.4 Å². The molecule has 0 bridgehead atoms. The van der Waals surface area contributed by atoms with Gasteiger partial charge in [-0.05, 0) is 0 Å². The highest BCUT2D eigenvalue weighted by Gasteiger charge is 2.19. The van der Waals surface area contributed by atoms with Crippen LogP contribution in [-0.2, 0) is 4.74 Å². The fourth-order valence-electron chi connectivity index (χ4n) is 2.73. The summed E-state index contributed by atoms with van der Waals surface area (Å²) >= 11 is 1.69. The second-order valence-corrected chi connectivity index (χ2v) is 6.36. The number of thiazole rings is 1. The lowest BCUT2D eigenvalue weighted by Crippen LogP contribution is -2.51. The van der Waals surface area contributed by atoms with Crippen LogP contribution in [0.4, 0.5) is 5.13 Å². The minimum atomic E-state index is 0.673. The molecule has 0 amide bonds. The zero-order chi connectivity index (χ0) is 15.2. The van der Waals surface area contributed by atoms with E-state index in [1.807, 2.05) is 11.6 Å². The summed E-state index contributed by atoms with van der Waals surface area (Å²) in [6.07, 6.45) is 1.85. The van der Waals surface area contributed by atoms with Crippen LogP contribution in [0, 0.1) is 0 Å². The molecular weight excluding hydrogens is 300 g/mol. The molecule has 0 aliphatic carbocycles. The number of guanidine groups is 1. The van der Waals surface area contributed by atoms with E-state index < -0.39 is 0 Å². The molecule has 8 heteroatoms. The minimum absolute atomic E-state index is 0.673. The Morgan fingerprint density at radius 2 is 2.00 bits per heavy atom. The Kier molecular flexibility index (Phi) is 5.47. The van der Waals surface area contributed by atoms with Crippen LogP contribution >= 0.6 is 11.3 Å². The van der Waals surface area contributed by atoms with Crippen molar-refractivity contribution < 1.29 is 4.74 Å². The third-order valence-corrected chi connectivity index (χ3v) is 4.92. The van der Waals surface area contributed by atoms with Gasteiger partial charge in [0.1, 0.15) is 0 Å². The van der Waals surface area contributed by atoms with Gasteiger partial charge in [0.05, 0.1) is 19.8 Å². The summed E-state index contributed by atoms with van der Waals surface area (Å²) in [7, 11) is 0. The molecule has 3 rings (SSSR count). The Balaban J connectivity index is 1.41. The number of rotatable bonds is 4. The third kappa shape index (κ3) is 4.08. The molecule has 2 aliphatic rings. The average Bonchev–Trinajstić information content (AvgIpc) is 3.10. The standard InChI is InChI=1S/C14H24N6OS/c15-13(16-1-3-18-8-10-21-11-9-18)19-4-6-20(7-5-19)14-17-2-12-22-14/h2,12H,1,3-11H2,(H2,15,16). The molecule has 0 spiro atoms. The van der Waals surface area contributed by atoms with Crippen molar-refractivity contribution in [1.29, 1.82) is 0 Å². The van der Waals surface area contributed by atoms with Gasteiger partial charge in [-0.2, -0.15) is 0 Å². The van der Waals surface area contributed by atoms with E-state index in [1.54, 1.807) is 11.3 Å². The molecule has 1 aromatic heterocycles. The molecule has 2 fully saturated rings. The molecule has 2 saturated heterocycles. The van der Waals surface area contributed by atoms with E-state index >= 15 is 0 Å². The maximum Gasteiger partial charge on any atom is 0.191 e. The van der Waals surface area contributed by atoms with E-state index in [-0.39, 0.29) is 0 Å². The molecule has 0 saturated carbocycles. The highest BCUT2D eigenvalue weighted by molar-refractivity contribution is 7.13. The first-order chi connectivity index (χ1) is 10.8. The number of morpholine rings is 1. The van der Waals surface area contributed by atoms with Crippen LogP contribution in [-0.4, -0.2) is 86.3 Å². The van der Waals surface area contributed by atoms with E-state index in [0.29, 0.717) is 5.96 Å². The Morgan fingerprint density at radius 3 is 2.68 bits per heavy atom. The predicted molar refractivity (Wildman–Crippen MR) is 89.6 cm³/mol. The van der Waals surface area contributed by atoms with Crippen LogP contribution in [0.15, 0.2) is 16.6 Å². The van der Waals surface area contributed by atoms with Crippen LogP contribution in [0.5, 0.6) is 0 Å². The van der Waals surface area contributed by atoms with Gasteiger partial charge in [-0.15, -0.1) is 11.3 Å². The van der Waals surface area contributed by atoms with Crippen LogP contribution in [0.1, 0.15) is 0 Å². The van der Waals surface area contributed by atoms with Gasteiger partial charge in [-0.1, -0.05) is 0 Å². The van der Waals surface area contributed by atoms with Gasteiger partial charge >= 0.3 is 0 Å². The van der Waals surface area contributed by atoms with Crippen molar-refractivity contribution in [2.75, 3.05) is 70.5 Å². The van der Waals surface area contributed by atoms with Crippen molar-refractivity contribution in [2.45, 2.75) is 0 Å². The first-order valence-corrected chi connectivity index (χ1v) is 8.70. The van der Waals surface area contributed by atoms with Gasteiger partial charge < -0.3 is 20.3 Å². The number of nitrogens with zero attached hydrogens (tertiary/aromatic N) is 5. The molecule has 0 aromatic carbocycles. The highest BCUT2D eigenvalue weighted by Crippen LogP contribution is 2.18. The normalized spacial score (nSPS) is 21.4. The number of piperazine rings is 1. The molecule has 0 radical (unpaired) electrons. The first kappa shape index (κ1) is 15.5. The number of aliphatic imine (C=N–C) groups is 1. The fourth-order valence-corrected chi connectivity index (χ4v) is 3.43. The van der Waals surface area contributed by atoms with Gasteiger partial charge in [0.15, 0.2) is 11.1 Å². The van der Waals surface area contributed by atoms with Gasteiger partial charge in [0.2, 0.25) is 0 Å². The topological polar surface area (TPSA) is 70.2 Å². The van der Waals surface area contributed by atoms with Crippen LogP contribution in [0.25, 0.3) is 0 Å². The van der Waals surface area contributed by atoms with Crippen LogP contribution in [0.3, 0.4) is 0 Å². The van der Waals surface area contributed by atoms with Gasteiger partial charge in [0.25, 0.3) is 0 Å². The van der Waals surface area contributed by atoms with Gasteiger partial charge in [-0.3, -0.25) is 9.89 Å². The number of ether oxygens (including phenoxy) is 1. The second kappa shape index (κ2) is 7.75. The van der Waals surface area contributed by atoms with Crippen molar-refractivity contribution in [1.82, 2.24) is 14.8 Å². The van der Waals surface area contributed by atoms with Crippen molar-refractivity contribution in [3.8, 4) is 0 Å². The van der Waals surface area contributed by atoms with E-state index in [2.05, 4.69) is 24.7 Å². The predicted octanol–water partition coefficient (Wildman–Crippen LogP) is -0.0880. The SMILES string of the molecule is NC(=NCCN1CCOCC1)N1CCN(c2nccs2)CC1. The Morgan fingerprint density at radius 1 is 1.23 bits per heavy atom. The van der Waals surface area contributed by atoms with Crippen LogP contribution < -0.4 is 10.6 Å². The molecular formula is C14H24N6OS. The van der Waals surface area contributed by atoms with Crippen molar-refractivity contribution in [3.63, 3.8) is 0 Å². The zero-order valence-electron chi connectivity index (χ0n) is 12.9. The van der Waals surface area contributed by atoms with E-state index in [1.165, 1.54) is 0 Å². The maximum atomic E-state index is 6.13. The molecule has 7 nitrogen and oxygen atoms in total. The molecule has 22 heavy (non-hydrogen) atoms. The fraction of sp³-hybridized carbons (Fsp3) is 0.714. The molecule has 1 aromatic rings. The summed E-state index contributed by atoms with van der Waals surface area (Å²) in [5.74, 6) is 0.673. The summed E-state index contributed by atoms with van der Waals surface area (Å²) in [5.41, 5.74) is 6.13. The lowest BCUT2D eigenvalue weighted by atomic mass is 10.3. The molecule has 3 heterocycles. The third-order valence-electron chi connectivity index (χ3n) is 4.09. The van der Waals surface area contributed by atoms with E-state index in [9.17, 15) is 0 Å². The monoisotopic (exact) mass is 324 g/mol. The smallest absolute Gasteiger partial charge is 0.191 e.